The van der Waals surface area contributed by atoms with Gasteiger partial charge in [-0.2, -0.15) is 0 Å². The average Bonchev–Trinajstić information content (AvgIpc) is 2.62. The fourth-order valence-electron chi connectivity index (χ4n) is 3.07. The molecule has 0 aliphatic carbocycles. The molecule has 0 atom stereocenters. The van der Waals surface area contributed by atoms with Crippen molar-refractivity contribution in [2.24, 2.45) is 0 Å². The highest BCUT2D eigenvalue weighted by Gasteiger charge is 2.27. The van der Waals surface area contributed by atoms with E-state index in [1.807, 2.05) is 24.3 Å². The molecule has 0 unspecified atom stereocenters. The van der Waals surface area contributed by atoms with E-state index in [1.165, 1.54) is 12.1 Å². The summed E-state index contributed by atoms with van der Waals surface area (Å²) in [7, 11) is -2.12. The maximum absolute atomic E-state index is 12.7. The Labute approximate surface area is 163 Å². The van der Waals surface area contributed by atoms with Crippen LogP contribution in [0.2, 0.25) is 10.0 Å². The molecule has 1 aliphatic heterocycles. The summed E-state index contributed by atoms with van der Waals surface area (Å²) in [6.45, 7) is 1.52. The van der Waals surface area contributed by atoms with Crippen molar-refractivity contribution in [2.45, 2.75) is 23.8 Å². The summed E-state index contributed by atoms with van der Waals surface area (Å²) >= 11 is 12.1. The predicted octanol–water partition coefficient (Wildman–Crippen LogP) is 3.95. The summed E-state index contributed by atoms with van der Waals surface area (Å²) in [5, 5.41) is 0.251. The molecule has 1 heterocycles. The van der Waals surface area contributed by atoms with Crippen molar-refractivity contribution in [3.05, 3.63) is 52.5 Å². The molecule has 1 N–H and O–H groups in total. The third-order valence-electron chi connectivity index (χ3n) is 4.44. The molecule has 1 saturated heterocycles. The monoisotopic (exact) mass is 414 g/mol. The lowest BCUT2D eigenvalue weighted by Crippen LogP contribution is -2.44. The van der Waals surface area contributed by atoms with Crippen molar-refractivity contribution in [2.75, 3.05) is 25.1 Å². The van der Waals surface area contributed by atoms with Crippen LogP contribution in [-0.4, -0.2) is 34.7 Å². The summed E-state index contributed by atoms with van der Waals surface area (Å²) in [4.78, 5) is 2.17. The molecule has 0 spiro atoms. The molecule has 26 heavy (non-hydrogen) atoms. The number of nitrogens with zero attached hydrogens (tertiary/aromatic N) is 1. The molecule has 140 valence electrons. The van der Waals surface area contributed by atoms with Gasteiger partial charge in [0.25, 0.3) is 0 Å². The number of hydrogen-bond acceptors (Lipinski definition) is 4. The lowest BCUT2D eigenvalue weighted by atomic mass is 10.1. The van der Waals surface area contributed by atoms with Crippen molar-refractivity contribution in [3.8, 4) is 5.75 Å². The highest BCUT2D eigenvalue weighted by molar-refractivity contribution is 7.89. The number of anilines is 1. The van der Waals surface area contributed by atoms with Gasteiger partial charge in [0.15, 0.2) is 0 Å². The Kier molecular flexibility index (Phi) is 5.97. The van der Waals surface area contributed by atoms with Gasteiger partial charge in [0.1, 0.15) is 10.6 Å². The van der Waals surface area contributed by atoms with E-state index in [0.29, 0.717) is 12.8 Å². The van der Waals surface area contributed by atoms with Gasteiger partial charge >= 0.3 is 0 Å². The first-order valence-corrected chi connectivity index (χ1v) is 10.5. The molecule has 0 saturated carbocycles. The van der Waals surface area contributed by atoms with Gasteiger partial charge in [-0.15, -0.1) is 0 Å². The summed E-state index contributed by atoms with van der Waals surface area (Å²) in [5.74, 6) is 0.813. The van der Waals surface area contributed by atoms with Crippen LogP contribution in [0.25, 0.3) is 0 Å². The Morgan fingerprint density at radius 3 is 2.15 bits per heavy atom. The second kappa shape index (κ2) is 8.05. The summed E-state index contributed by atoms with van der Waals surface area (Å²) in [5.41, 5.74) is 1.10. The van der Waals surface area contributed by atoms with Crippen molar-refractivity contribution in [3.63, 3.8) is 0 Å². The minimum atomic E-state index is -3.76. The minimum absolute atomic E-state index is 0.0547. The number of ether oxygens (including phenoxy) is 1. The number of nitrogens with one attached hydrogen (secondary N) is 1. The van der Waals surface area contributed by atoms with Gasteiger partial charge in [-0.3, -0.25) is 0 Å². The van der Waals surface area contributed by atoms with E-state index in [-0.39, 0.29) is 21.0 Å². The Morgan fingerprint density at radius 1 is 1.04 bits per heavy atom. The van der Waals surface area contributed by atoms with Crippen LogP contribution < -0.4 is 14.4 Å². The molecule has 1 fully saturated rings. The van der Waals surface area contributed by atoms with Crippen LogP contribution in [0, 0.1) is 0 Å². The Hall–Kier alpha value is -1.47. The van der Waals surface area contributed by atoms with E-state index in [0.717, 1.165) is 24.5 Å². The number of hydrogen-bond donors (Lipinski definition) is 1. The number of methoxy groups -OCH3 is 1. The Balaban J connectivity index is 1.65. The number of rotatable bonds is 5. The third kappa shape index (κ3) is 4.26. The van der Waals surface area contributed by atoms with E-state index >= 15 is 0 Å². The van der Waals surface area contributed by atoms with E-state index in [1.54, 1.807) is 13.2 Å². The molecule has 0 aromatic heterocycles. The van der Waals surface area contributed by atoms with E-state index < -0.39 is 10.0 Å². The smallest absolute Gasteiger partial charge is 0.243 e. The van der Waals surface area contributed by atoms with Gasteiger partial charge < -0.3 is 9.64 Å². The third-order valence-corrected chi connectivity index (χ3v) is 6.92. The highest BCUT2D eigenvalue weighted by Crippen LogP contribution is 2.30. The second-order valence-electron chi connectivity index (χ2n) is 6.13. The van der Waals surface area contributed by atoms with E-state index in [4.69, 9.17) is 27.9 Å². The number of benzene rings is 2. The van der Waals surface area contributed by atoms with E-state index in [9.17, 15) is 8.42 Å². The number of halogens is 2. The zero-order chi connectivity index (χ0) is 18.7. The van der Waals surface area contributed by atoms with Crippen LogP contribution in [0.15, 0.2) is 47.4 Å². The SMILES string of the molecule is COc1ccc(N2CCC(NS(=O)(=O)c3c(Cl)cccc3Cl)CC2)cc1. The molecule has 3 rings (SSSR count). The zero-order valence-electron chi connectivity index (χ0n) is 14.3. The van der Waals surface area contributed by atoms with Crippen LogP contribution in [0.3, 0.4) is 0 Å². The molecule has 1 aliphatic rings. The lowest BCUT2D eigenvalue weighted by Gasteiger charge is -2.34. The van der Waals surface area contributed by atoms with Crippen LogP contribution in [0.1, 0.15) is 12.8 Å². The maximum atomic E-state index is 12.7. The van der Waals surface area contributed by atoms with Gasteiger partial charge in [0.05, 0.1) is 17.2 Å². The molecule has 0 bridgehead atoms. The van der Waals surface area contributed by atoms with Gasteiger partial charge in [-0.1, -0.05) is 29.3 Å². The molecule has 0 radical (unpaired) electrons. The maximum Gasteiger partial charge on any atom is 0.243 e. The molecular formula is C18H20Cl2N2O3S. The fourth-order valence-corrected chi connectivity index (χ4v) is 5.51. The first kappa shape index (κ1) is 19.3. The number of sulfonamides is 1. The summed E-state index contributed by atoms with van der Waals surface area (Å²) in [6, 6.07) is 12.4. The van der Waals surface area contributed by atoms with Crippen molar-refractivity contribution in [1.29, 1.82) is 0 Å². The van der Waals surface area contributed by atoms with Crippen LogP contribution in [-0.2, 0) is 10.0 Å². The second-order valence-corrected chi connectivity index (χ2v) is 8.60. The number of piperidine rings is 1. The first-order valence-electron chi connectivity index (χ1n) is 8.26. The Morgan fingerprint density at radius 2 is 1.62 bits per heavy atom. The van der Waals surface area contributed by atoms with Crippen molar-refractivity contribution < 1.29 is 13.2 Å². The first-order chi connectivity index (χ1) is 12.4. The van der Waals surface area contributed by atoms with Crippen molar-refractivity contribution in [1.82, 2.24) is 4.72 Å². The highest BCUT2D eigenvalue weighted by atomic mass is 35.5. The van der Waals surface area contributed by atoms with Crippen LogP contribution in [0.4, 0.5) is 5.69 Å². The van der Waals surface area contributed by atoms with Crippen LogP contribution in [0.5, 0.6) is 5.75 Å². The molecule has 2 aromatic carbocycles. The zero-order valence-corrected chi connectivity index (χ0v) is 16.6. The molecule has 5 nitrogen and oxygen atoms in total. The molecule has 8 heteroatoms. The molecule has 0 amide bonds. The summed E-state index contributed by atoms with van der Waals surface area (Å²) < 4.78 is 33.2. The van der Waals surface area contributed by atoms with E-state index in [2.05, 4.69) is 9.62 Å². The quantitative estimate of drug-likeness (QED) is 0.804. The fraction of sp³-hybridized carbons (Fsp3) is 0.333. The topological polar surface area (TPSA) is 58.6 Å². The normalized spacial score (nSPS) is 15.9. The minimum Gasteiger partial charge on any atom is -0.497 e. The van der Waals surface area contributed by atoms with Gasteiger partial charge in [0.2, 0.25) is 10.0 Å². The average molecular weight is 415 g/mol. The predicted molar refractivity (Wildman–Crippen MR) is 105 cm³/mol. The molecular weight excluding hydrogens is 395 g/mol. The lowest BCUT2D eigenvalue weighted by molar-refractivity contribution is 0.414. The Bertz CT molecular complexity index is 844. The van der Waals surface area contributed by atoms with Crippen LogP contribution >= 0.6 is 23.2 Å². The standard InChI is InChI=1S/C18H20Cl2N2O3S/c1-25-15-7-5-14(6-8-15)22-11-9-13(10-12-22)21-26(23,24)18-16(19)3-2-4-17(18)20/h2-8,13,21H,9-12H2,1H3. The largest absolute Gasteiger partial charge is 0.497 e. The van der Waals surface area contributed by atoms with Crippen molar-refractivity contribution >= 4 is 38.9 Å². The molecule has 2 aromatic rings. The summed E-state index contributed by atoms with van der Waals surface area (Å²) in [6.07, 6.45) is 1.40. The van der Waals surface area contributed by atoms with Gasteiger partial charge in [-0.25, -0.2) is 13.1 Å². The van der Waals surface area contributed by atoms with Gasteiger partial charge in [-0.05, 0) is 49.2 Å². The van der Waals surface area contributed by atoms with Gasteiger partial charge in [0, 0.05) is 24.8 Å².